The van der Waals surface area contributed by atoms with Crippen molar-refractivity contribution in [3.63, 3.8) is 0 Å². The van der Waals surface area contributed by atoms with Crippen molar-refractivity contribution in [2.45, 2.75) is 44.4 Å². The van der Waals surface area contributed by atoms with Gasteiger partial charge >= 0.3 is 0 Å². The summed E-state index contributed by atoms with van der Waals surface area (Å²) in [5.74, 6) is 2.80. The van der Waals surface area contributed by atoms with Gasteiger partial charge in [-0.05, 0) is 67.7 Å². The molecule has 0 aliphatic heterocycles. The average Bonchev–Trinajstić information content (AvgIpc) is 3.17. The SMILES string of the molecule is Clc1cccc(-c2noc(CCC3CCC(c4cc[c]cc4)CC3)n2)c1. The number of halogens is 1. The molecule has 1 aliphatic carbocycles. The third kappa shape index (κ3) is 4.16. The zero-order valence-corrected chi connectivity index (χ0v) is 15.5. The molecular formula is C22H22ClN2O. The Morgan fingerprint density at radius 3 is 2.65 bits per heavy atom. The molecule has 0 N–H and O–H groups in total. The fourth-order valence-corrected chi connectivity index (χ4v) is 4.08. The first-order valence-electron chi connectivity index (χ1n) is 9.32. The van der Waals surface area contributed by atoms with Crippen LogP contribution in [0.3, 0.4) is 0 Å². The summed E-state index contributed by atoms with van der Waals surface area (Å²) < 4.78 is 5.43. The van der Waals surface area contributed by atoms with Gasteiger partial charge in [-0.3, -0.25) is 0 Å². The Balaban J connectivity index is 1.29. The van der Waals surface area contributed by atoms with E-state index >= 15 is 0 Å². The number of hydrogen-bond acceptors (Lipinski definition) is 3. The lowest BCUT2D eigenvalue weighted by Gasteiger charge is -2.28. The third-order valence-corrected chi connectivity index (χ3v) is 5.61. The summed E-state index contributed by atoms with van der Waals surface area (Å²) in [5.41, 5.74) is 2.36. The molecule has 2 aromatic carbocycles. The largest absolute Gasteiger partial charge is 0.339 e. The van der Waals surface area contributed by atoms with E-state index in [4.69, 9.17) is 16.1 Å². The quantitative estimate of drug-likeness (QED) is 0.548. The number of hydrogen-bond donors (Lipinski definition) is 0. The fourth-order valence-electron chi connectivity index (χ4n) is 3.89. The minimum atomic E-state index is 0.618. The maximum absolute atomic E-state index is 6.03. The van der Waals surface area contributed by atoms with Gasteiger partial charge in [-0.25, -0.2) is 0 Å². The first-order chi connectivity index (χ1) is 12.8. The molecule has 26 heavy (non-hydrogen) atoms. The van der Waals surface area contributed by atoms with Gasteiger partial charge in [0.05, 0.1) is 0 Å². The van der Waals surface area contributed by atoms with Gasteiger partial charge in [0, 0.05) is 17.0 Å². The lowest BCUT2D eigenvalue weighted by Crippen LogP contribution is -2.14. The molecule has 0 saturated heterocycles. The summed E-state index contributed by atoms with van der Waals surface area (Å²) in [4.78, 5) is 4.53. The molecule has 3 aromatic rings. The van der Waals surface area contributed by atoms with E-state index in [0.717, 1.165) is 30.2 Å². The van der Waals surface area contributed by atoms with Crippen molar-refractivity contribution in [2.75, 3.05) is 0 Å². The number of aromatic nitrogens is 2. The van der Waals surface area contributed by atoms with Gasteiger partial charge in [-0.15, -0.1) is 0 Å². The molecule has 1 aliphatic rings. The number of nitrogens with zero attached hydrogens (tertiary/aromatic N) is 2. The highest BCUT2D eigenvalue weighted by Crippen LogP contribution is 2.37. The first-order valence-corrected chi connectivity index (χ1v) is 9.70. The Hall–Kier alpha value is -2.13. The Bertz CT molecular complexity index is 838. The monoisotopic (exact) mass is 365 g/mol. The van der Waals surface area contributed by atoms with Gasteiger partial charge < -0.3 is 4.52 Å². The molecule has 1 radical (unpaired) electrons. The van der Waals surface area contributed by atoms with Crippen LogP contribution in [0.4, 0.5) is 0 Å². The molecule has 4 heteroatoms. The number of rotatable bonds is 5. The Morgan fingerprint density at radius 2 is 1.88 bits per heavy atom. The maximum atomic E-state index is 6.03. The standard InChI is InChI=1S/C22H22ClN2O/c23-20-8-4-7-19(15-20)22-24-21(26-25-22)14-11-16-9-12-18(13-10-16)17-5-2-1-3-6-17/h2-8,15-16,18H,9-14H2. The van der Waals surface area contributed by atoms with E-state index in [1.54, 1.807) is 0 Å². The molecule has 1 saturated carbocycles. The van der Waals surface area contributed by atoms with E-state index in [1.807, 2.05) is 36.4 Å². The highest BCUT2D eigenvalue weighted by Gasteiger charge is 2.22. The minimum Gasteiger partial charge on any atom is -0.339 e. The second-order valence-electron chi connectivity index (χ2n) is 7.11. The van der Waals surface area contributed by atoms with Crippen LogP contribution in [-0.4, -0.2) is 10.1 Å². The lowest BCUT2D eigenvalue weighted by atomic mass is 9.77. The zero-order valence-electron chi connectivity index (χ0n) is 14.7. The average molecular weight is 366 g/mol. The molecule has 0 spiro atoms. The van der Waals surface area contributed by atoms with E-state index in [9.17, 15) is 0 Å². The normalized spacial score (nSPS) is 20.2. The zero-order chi connectivity index (χ0) is 17.8. The number of aryl methyl sites for hydroxylation is 1. The molecular weight excluding hydrogens is 344 g/mol. The summed E-state index contributed by atoms with van der Waals surface area (Å²) in [6.07, 6.45) is 7.06. The Kier molecular flexibility index (Phi) is 5.35. The summed E-state index contributed by atoms with van der Waals surface area (Å²) in [6, 6.07) is 19.1. The van der Waals surface area contributed by atoms with E-state index in [-0.39, 0.29) is 0 Å². The predicted octanol–water partition coefficient (Wildman–Crippen LogP) is 6.10. The molecule has 133 valence electrons. The van der Waals surface area contributed by atoms with Crippen molar-refractivity contribution < 1.29 is 4.52 Å². The molecule has 1 heterocycles. The van der Waals surface area contributed by atoms with Crippen LogP contribution in [0, 0.1) is 12.0 Å². The van der Waals surface area contributed by atoms with Crippen molar-refractivity contribution in [3.8, 4) is 11.4 Å². The number of benzene rings is 2. The van der Waals surface area contributed by atoms with Gasteiger partial charge in [-0.1, -0.05) is 53.2 Å². The van der Waals surface area contributed by atoms with Crippen molar-refractivity contribution in [1.29, 1.82) is 0 Å². The molecule has 4 rings (SSSR count). The highest BCUT2D eigenvalue weighted by molar-refractivity contribution is 6.30. The summed E-state index contributed by atoms with van der Waals surface area (Å²) in [6.45, 7) is 0. The second-order valence-corrected chi connectivity index (χ2v) is 7.55. The van der Waals surface area contributed by atoms with Crippen molar-refractivity contribution in [3.05, 3.63) is 71.1 Å². The summed E-state index contributed by atoms with van der Waals surface area (Å²) >= 11 is 6.03. The van der Waals surface area contributed by atoms with Crippen LogP contribution in [0.25, 0.3) is 11.4 Å². The molecule has 0 bridgehead atoms. The van der Waals surface area contributed by atoms with Crippen LogP contribution in [0.15, 0.2) is 53.1 Å². The predicted molar refractivity (Wildman–Crippen MR) is 103 cm³/mol. The summed E-state index contributed by atoms with van der Waals surface area (Å²) in [5, 5.41) is 4.78. The molecule has 1 aromatic heterocycles. The molecule has 1 fully saturated rings. The molecule has 0 amide bonds. The van der Waals surface area contributed by atoms with Gasteiger partial charge in [0.25, 0.3) is 0 Å². The third-order valence-electron chi connectivity index (χ3n) is 5.38. The van der Waals surface area contributed by atoms with E-state index in [2.05, 4.69) is 28.3 Å². The maximum Gasteiger partial charge on any atom is 0.226 e. The van der Waals surface area contributed by atoms with Crippen molar-refractivity contribution >= 4 is 11.6 Å². The van der Waals surface area contributed by atoms with Gasteiger partial charge in [0.2, 0.25) is 11.7 Å². The van der Waals surface area contributed by atoms with Crippen LogP contribution in [0.1, 0.15) is 49.5 Å². The molecule has 3 nitrogen and oxygen atoms in total. The van der Waals surface area contributed by atoms with Gasteiger partial charge in [-0.2, -0.15) is 4.98 Å². The highest BCUT2D eigenvalue weighted by atomic mass is 35.5. The first kappa shape index (κ1) is 17.3. The Labute approximate surface area is 159 Å². The van der Waals surface area contributed by atoms with Crippen LogP contribution >= 0.6 is 11.6 Å². The van der Waals surface area contributed by atoms with Crippen LogP contribution in [-0.2, 0) is 6.42 Å². The van der Waals surface area contributed by atoms with Crippen LogP contribution < -0.4 is 0 Å². The van der Waals surface area contributed by atoms with E-state index < -0.39 is 0 Å². The topological polar surface area (TPSA) is 38.9 Å². The Morgan fingerprint density at radius 1 is 1.08 bits per heavy atom. The van der Waals surface area contributed by atoms with Gasteiger partial charge in [0.1, 0.15) is 0 Å². The summed E-state index contributed by atoms with van der Waals surface area (Å²) in [7, 11) is 0. The lowest BCUT2D eigenvalue weighted by molar-refractivity contribution is 0.295. The van der Waals surface area contributed by atoms with E-state index in [1.165, 1.54) is 31.2 Å². The minimum absolute atomic E-state index is 0.618. The smallest absolute Gasteiger partial charge is 0.226 e. The van der Waals surface area contributed by atoms with Gasteiger partial charge in [0.15, 0.2) is 0 Å². The van der Waals surface area contributed by atoms with Crippen molar-refractivity contribution in [2.24, 2.45) is 5.92 Å². The molecule has 0 unspecified atom stereocenters. The second kappa shape index (κ2) is 8.05. The fraction of sp³-hybridized carbons (Fsp3) is 0.364. The van der Waals surface area contributed by atoms with Crippen molar-refractivity contribution in [1.82, 2.24) is 10.1 Å². The van der Waals surface area contributed by atoms with E-state index in [0.29, 0.717) is 16.8 Å². The van der Waals surface area contributed by atoms with Crippen LogP contribution in [0.2, 0.25) is 5.02 Å². The van der Waals surface area contributed by atoms with Crippen LogP contribution in [0.5, 0.6) is 0 Å². The molecule has 0 atom stereocenters.